The normalized spacial score (nSPS) is 15.0. The summed E-state index contributed by atoms with van der Waals surface area (Å²) in [6, 6.07) is 69.0. The molecule has 9 aromatic carbocycles. The summed E-state index contributed by atoms with van der Waals surface area (Å²) in [7, 11) is 0. The first-order chi connectivity index (χ1) is 44.0. The van der Waals surface area contributed by atoms with Gasteiger partial charge in [-0.25, -0.2) is 4.98 Å². The van der Waals surface area contributed by atoms with E-state index < -0.39 is 31.4 Å². The van der Waals surface area contributed by atoms with Crippen LogP contribution in [0.3, 0.4) is 0 Å². The molecule has 3 aromatic heterocycles. The zero-order valence-corrected chi connectivity index (χ0v) is 53.3. The van der Waals surface area contributed by atoms with Gasteiger partial charge in [-0.2, -0.15) is 12.1 Å². The Balaban J connectivity index is 0.00000864. The van der Waals surface area contributed by atoms with Gasteiger partial charge in [0.2, 0.25) is 0 Å². The molecule has 86 heavy (non-hydrogen) atoms. The Morgan fingerprint density at radius 1 is 0.430 bits per heavy atom. The summed E-state index contributed by atoms with van der Waals surface area (Å²) >= 11 is 0. The van der Waals surface area contributed by atoms with Crippen molar-refractivity contribution in [2.75, 3.05) is 4.90 Å². The van der Waals surface area contributed by atoms with E-state index in [4.69, 9.17) is 22.1 Å². The first-order valence-electron chi connectivity index (χ1n) is 33.9. The van der Waals surface area contributed by atoms with Gasteiger partial charge < -0.3 is 18.8 Å². The van der Waals surface area contributed by atoms with E-state index in [1.54, 1.807) is 0 Å². The average molecular weight is 1310 g/mol. The van der Waals surface area contributed by atoms with Crippen LogP contribution in [0.2, 0.25) is 0 Å². The van der Waals surface area contributed by atoms with E-state index in [9.17, 15) is 0 Å². The second-order valence-corrected chi connectivity index (χ2v) is 27.2. The number of hydrogen-bond donors (Lipinski definition) is 0. The Morgan fingerprint density at radius 3 is 1.57 bits per heavy atom. The Hall–Kier alpha value is -8.11. The molecule has 0 unspecified atom stereocenters. The molecule has 0 N–H and O–H groups in total. The molecule has 13 rings (SSSR count). The molecule has 0 bridgehead atoms. The van der Waals surface area contributed by atoms with Crippen LogP contribution < -0.4 is 9.64 Å². The van der Waals surface area contributed by atoms with Crippen LogP contribution >= 0.6 is 0 Å². The van der Waals surface area contributed by atoms with Crippen molar-refractivity contribution in [2.24, 2.45) is 0 Å². The van der Waals surface area contributed by atoms with E-state index in [1.807, 2.05) is 93.7 Å². The first-order valence-corrected chi connectivity index (χ1v) is 29.4. The maximum atomic E-state index is 8.95. The summed E-state index contributed by atoms with van der Waals surface area (Å²) in [5, 5.41) is 7.65. The molecule has 12 aromatic rings. The smallest absolute Gasteiger partial charge is 0.135 e. The second kappa shape index (κ2) is 21.1. The topological polar surface area (TPSA) is 35.2 Å². The van der Waals surface area contributed by atoms with Crippen molar-refractivity contribution in [3.8, 4) is 39.6 Å². The number of para-hydroxylation sites is 2. The molecule has 0 saturated carbocycles. The molecular formula is C80H77N4OPt-3. The molecule has 0 atom stereocenters. The van der Waals surface area contributed by atoms with Gasteiger partial charge in [-0.15, -0.1) is 35.7 Å². The standard InChI is InChI=1S/C80H77N4O.Pt/c1-76(2,3)53-36-37-81-73(46-53)84-70-33-21-20-30-66(70)67-35-34-60(48-71(67)84)85-59-25-22-24-58(47-59)82-49-83-74-61(52-40-56(79(10,11)12)45-57(41-52)80(13,14)15)31-23-32-68(74)64-28-18-16-26-62(64)63-27-17-19-29-65(63)69-42-51(43-72(82)75(69)83)50-38-54(77(4,5)6)44-55(39-50)78(7,8)9;/h16-46,49H,1-15H3;/q-3;/i10D3,11D3,12D3;. The third kappa shape index (κ3) is 10.4. The predicted octanol–water partition coefficient (Wildman–Crippen LogP) is 22.0. The first kappa shape index (κ1) is 48.1. The fraction of sp³-hybridized carbons (Fsp3) is 0.250. The third-order valence-electron chi connectivity index (χ3n) is 17.0. The summed E-state index contributed by atoms with van der Waals surface area (Å²) in [4.78, 5) is 7.06. The number of ether oxygens (including phenoxy) is 1. The predicted molar refractivity (Wildman–Crippen MR) is 361 cm³/mol. The number of benzene rings is 9. The summed E-state index contributed by atoms with van der Waals surface area (Å²) in [6.45, 7) is 17.5. The monoisotopic (exact) mass is 1310 g/mol. The van der Waals surface area contributed by atoms with Gasteiger partial charge in [0, 0.05) is 62.3 Å². The summed E-state index contributed by atoms with van der Waals surface area (Å²) in [5.41, 5.74) is 7.21. The Labute approximate surface area is 535 Å². The second-order valence-electron chi connectivity index (χ2n) is 27.2. The van der Waals surface area contributed by atoms with Crippen LogP contribution in [-0.4, -0.2) is 14.1 Å². The molecule has 0 amide bonds. The number of nitrogens with zero attached hydrogens (tertiary/aromatic N) is 4. The maximum absolute atomic E-state index is 8.95. The summed E-state index contributed by atoms with van der Waals surface area (Å²) < 4.78 is 91.8. The molecule has 5 nitrogen and oxygen atoms in total. The van der Waals surface area contributed by atoms with Crippen molar-refractivity contribution in [2.45, 2.75) is 131 Å². The minimum Gasteiger partial charge on any atom is -0.509 e. The SMILES string of the molecule is [2H]C([2H])([2H])C(c1cc(-c2cccc3c4ccccc4c4ccccc4c4cc(-c5cc(C(C)(C)C)cc(C(C)(C)C)c5)cc5c4n(c23)[CH-]N5c2[c-]c(Oc3[c-]c4c(cc3)c3ccccc3n4-c3cc(C(C)(C)C)ccn3)ccc2)cc(C(C)(C)C)c1)(C([2H])([2H])[2H])C([2H])([2H])[2H].[Pt]. The van der Waals surface area contributed by atoms with Crippen LogP contribution in [0, 0.1) is 18.8 Å². The average Bonchev–Trinajstić information content (AvgIpc) is 1.47. The van der Waals surface area contributed by atoms with Gasteiger partial charge in [0.1, 0.15) is 5.82 Å². The molecule has 0 radical (unpaired) electrons. The fourth-order valence-corrected chi connectivity index (χ4v) is 12.2. The van der Waals surface area contributed by atoms with Crippen LogP contribution in [0.15, 0.2) is 188 Å². The molecule has 0 aliphatic carbocycles. The molecule has 4 heterocycles. The van der Waals surface area contributed by atoms with Gasteiger partial charge in [-0.05, 0) is 157 Å². The molecule has 1 aliphatic heterocycles. The number of aromatic nitrogens is 3. The van der Waals surface area contributed by atoms with E-state index in [2.05, 4.69) is 198 Å². The van der Waals surface area contributed by atoms with Crippen LogP contribution in [0.1, 0.15) is 144 Å². The Morgan fingerprint density at radius 2 is 0.953 bits per heavy atom. The van der Waals surface area contributed by atoms with Gasteiger partial charge in [0.15, 0.2) is 0 Å². The summed E-state index contributed by atoms with van der Waals surface area (Å²) in [5.74, 6) is 1.70. The molecule has 0 spiro atoms. The van der Waals surface area contributed by atoms with Crippen LogP contribution in [0.4, 0.5) is 11.4 Å². The number of pyridine rings is 1. The van der Waals surface area contributed by atoms with Crippen molar-refractivity contribution in [3.63, 3.8) is 0 Å². The molecule has 6 heteroatoms. The van der Waals surface area contributed by atoms with E-state index >= 15 is 0 Å². The third-order valence-corrected chi connectivity index (χ3v) is 17.0. The molecule has 1 aliphatic rings. The van der Waals surface area contributed by atoms with Crippen molar-refractivity contribution in [1.82, 2.24) is 14.1 Å². The fourth-order valence-electron chi connectivity index (χ4n) is 12.2. The zero-order chi connectivity index (χ0) is 67.2. The van der Waals surface area contributed by atoms with Gasteiger partial charge in [0.05, 0.1) is 0 Å². The number of fused-ring (bicyclic) bond motifs is 10. The van der Waals surface area contributed by atoms with Gasteiger partial charge in [-0.1, -0.05) is 242 Å². The number of anilines is 2. The van der Waals surface area contributed by atoms with Crippen molar-refractivity contribution >= 4 is 76.5 Å². The quantitative estimate of drug-likeness (QED) is 0.156. The largest absolute Gasteiger partial charge is 0.509 e. The Kier molecular flexibility index (Phi) is 11.8. The minimum absolute atomic E-state index is 0. The zero-order valence-electron chi connectivity index (χ0n) is 60.0. The van der Waals surface area contributed by atoms with Gasteiger partial charge in [-0.3, -0.25) is 0 Å². The molecule has 0 fully saturated rings. The van der Waals surface area contributed by atoms with Gasteiger partial charge in [0.25, 0.3) is 0 Å². The van der Waals surface area contributed by atoms with Crippen molar-refractivity contribution in [1.29, 1.82) is 0 Å². The molecule has 0 saturated heterocycles. The number of hydrogen-bond acceptors (Lipinski definition) is 3. The van der Waals surface area contributed by atoms with E-state index in [-0.39, 0.29) is 42.9 Å². The van der Waals surface area contributed by atoms with Gasteiger partial charge >= 0.3 is 0 Å². The van der Waals surface area contributed by atoms with E-state index in [0.29, 0.717) is 39.4 Å². The van der Waals surface area contributed by atoms with Crippen LogP contribution in [0.25, 0.3) is 93.2 Å². The maximum Gasteiger partial charge on any atom is 0.135 e. The van der Waals surface area contributed by atoms with E-state index in [1.165, 1.54) is 23.3 Å². The van der Waals surface area contributed by atoms with Crippen LogP contribution in [0.5, 0.6) is 11.5 Å². The van der Waals surface area contributed by atoms with Crippen LogP contribution in [-0.2, 0) is 48.1 Å². The van der Waals surface area contributed by atoms with Crippen molar-refractivity contribution in [3.05, 3.63) is 235 Å². The molecular weight excluding hydrogens is 1230 g/mol. The summed E-state index contributed by atoms with van der Waals surface area (Å²) in [6.07, 6.45) is 1.87. The minimum atomic E-state index is -3.50. The van der Waals surface area contributed by atoms with E-state index in [0.717, 1.165) is 87.8 Å². The van der Waals surface area contributed by atoms with Crippen molar-refractivity contribution < 1.29 is 38.1 Å². The number of rotatable bonds is 6. The Bertz CT molecular complexity index is 5050. The molecule has 436 valence electrons.